The zero-order chi connectivity index (χ0) is 12.5. The van der Waals surface area contributed by atoms with E-state index in [-0.39, 0.29) is 5.56 Å². The summed E-state index contributed by atoms with van der Waals surface area (Å²) in [6, 6.07) is 6.51. The van der Waals surface area contributed by atoms with Gasteiger partial charge in [0.2, 0.25) is 0 Å². The van der Waals surface area contributed by atoms with Crippen molar-refractivity contribution in [2.75, 3.05) is 11.9 Å². The van der Waals surface area contributed by atoms with Crippen LogP contribution in [0.5, 0.6) is 0 Å². The molecule has 3 heteroatoms. The number of nitriles is 1. The summed E-state index contributed by atoms with van der Waals surface area (Å²) in [6.45, 7) is 4.42. The molecule has 2 nitrogen and oxygen atoms in total. The molecule has 17 heavy (non-hydrogen) atoms. The summed E-state index contributed by atoms with van der Waals surface area (Å²) in [5, 5.41) is 11.9. The van der Waals surface area contributed by atoms with Crippen molar-refractivity contribution in [3.05, 3.63) is 42.2 Å². The molecule has 0 saturated heterocycles. The van der Waals surface area contributed by atoms with Gasteiger partial charge in [-0.05, 0) is 31.4 Å². The number of allylic oxidation sites excluding steroid dienone is 1. The van der Waals surface area contributed by atoms with Gasteiger partial charge in [0.25, 0.3) is 0 Å². The van der Waals surface area contributed by atoms with E-state index in [0.29, 0.717) is 5.69 Å². The number of hydrogen-bond donors (Lipinski definition) is 1. The molecule has 0 unspecified atom stereocenters. The molecule has 0 aliphatic heterocycles. The van der Waals surface area contributed by atoms with Crippen molar-refractivity contribution < 1.29 is 4.39 Å². The molecule has 0 aliphatic carbocycles. The first kappa shape index (κ1) is 13.2. The van der Waals surface area contributed by atoms with Gasteiger partial charge in [0.1, 0.15) is 17.4 Å². The second kappa shape index (κ2) is 7.45. The van der Waals surface area contributed by atoms with Gasteiger partial charge in [0.05, 0.1) is 5.69 Å². The van der Waals surface area contributed by atoms with Crippen molar-refractivity contribution >= 4 is 5.69 Å². The highest BCUT2D eigenvalue weighted by molar-refractivity contribution is 5.57. The van der Waals surface area contributed by atoms with Crippen molar-refractivity contribution in [3.63, 3.8) is 0 Å². The van der Waals surface area contributed by atoms with Crippen molar-refractivity contribution in [1.29, 1.82) is 5.26 Å². The van der Waals surface area contributed by atoms with E-state index < -0.39 is 5.82 Å². The van der Waals surface area contributed by atoms with Crippen LogP contribution in [0.1, 0.15) is 31.2 Å². The second-order valence-corrected chi connectivity index (χ2v) is 3.84. The molecule has 1 N–H and O–H groups in total. The topological polar surface area (TPSA) is 35.8 Å². The number of anilines is 1. The van der Waals surface area contributed by atoms with Crippen LogP contribution in [0.3, 0.4) is 0 Å². The van der Waals surface area contributed by atoms with Gasteiger partial charge in [0, 0.05) is 6.54 Å². The predicted octanol–water partition coefficient (Wildman–Crippen LogP) is 3.86. The van der Waals surface area contributed by atoms with Crippen LogP contribution in [-0.2, 0) is 0 Å². The summed E-state index contributed by atoms with van der Waals surface area (Å²) in [5.74, 6) is -0.468. The highest BCUT2D eigenvalue weighted by Crippen LogP contribution is 2.17. The molecule has 90 valence electrons. The standard InChI is InChI=1S/C14H17FN2/c1-2-3-4-5-6-10-17-14-9-7-8-13(15)12(14)11-16/h2,7-9,17H,1,3-6,10H2. The summed E-state index contributed by atoms with van der Waals surface area (Å²) >= 11 is 0. The summed E-state index contributed by atoms with van der Waals surface area (Å²) in [6.07, 6.45) is 6.18. The SMILES string of the molecule is C=CCCCCCNc1cccc(F)c1C#N. The van der Waals surface area contributed by atoms with Gasteiger partial charge < -0.3 is 5.32 Å². The fraction of sp³-hybridized carbons (Fsp3) is 0.357. The molecule has 0 atom stereocenters. The molecule has 1 rings (SSSR count). The van der Waals surface area contributed by atoms with Gasteiger partial charge in [-0.25, -0.2) is 4.39 Å². The molecule has 0 radical (unpaired) electrons. The van der Waals surface area contributed by atoms with Crippen LogP contribution in [0.2, 0.25) is 0 Å². The van der Waals surface area contributed by atoms with Crippen LogP contribution in [0.25, 0.3) is 0 Å². The first-order valence-electron chi connectivity index (χ1n) is 5.83. The number of benzene rings is 1. The molecule has 1 aromatic carbocycles. The first-order valence-corrected chi connectivity index (χ1v) is 5.83. The quantitative estimate of drug-likeness (QED) is 0.572. The van der Waals surface area contributed by atoms with Crippen molar-refractivity contribution in [2.45, 2.75) is 25.7 Å². The molecule has 0 amide bonds. The number of rotatable bonds is 7. The number of unbranched alkanes of at least 4 members (excludes halogenated alkanes) is 3. The van der Waals surface area contributed by atoms with Crippen LogP contribution >= 0.6 is 0 Å². The van der Waals surface area contributed by atoms with E-state index in [2.05, 4.69) is 11.9 Å². The molecule has 0 saturated carbocycles. The summed E-state index contributed by atoms with van der Waals surface area (Å²) in [5.41, 5.74) is 0.676. The molecule has 0 spiro atoms. The molecule has 1 aromatic rings. The van der Waals surface area contributed by atoms with E-state index in [9.17, 15) is 4.39 Å². The summed E-state index contributed by atoms with van der Waals surface area (Å²) in [7, 11) is 0. The Morgan fingerprint density at radius 3 is 2.88 bits per heavy atom. The lowest BCUT2D eigenvalue weighted by atomic mass is 10.1. The number of hydrogen-bond acceptors (Lipinski definition) is 2. The van der Waals surface area contributed by atoms with Crippen molar-refractivity contribution in [3.8, 4) is 6.07 Å². The molecule has 0 aromatic heterocycles. The third kappa shape index (κ3) is 4.28. The van der Waals surface area contributed by atoms with Crippen LogP contribution in [0.15, 0.2) is 30.9 Å². The largest absolute Gasteiger partial charge is 0.384 e. The average molecular weight is 232 g/mol. The van der Waals surface area contributed by atoms with Crippen molar-refractivity contribution in [2.24, 2.45) is 0 Å². The molecule has 0 bridgehead atoms. The van der Waals surface area contributed by atoms with Gasteiger partial charge >= 0.3 is 0 Å². The van der Waals surface area contributed by atoms with Crippen LogP contribution in [0, 0.1) is 17.1 Å². The molecular formula is C14H17FN2. The second-order valence-electron chi connectivity index (χ2n) is 3.84. The van der Waals surface area contributed by atoms with Gasteiger partial charge in [-0.15, -0.1) is 6.58 Å². The summed E-state index contributed by atoms with van der Waals surface area (Å²) in [4.78, 5) is 0. The Bertz CT molecular complexity index is 407. The fourth-order valence-corrected chi connectivity index (χ4v) is 1.60. The Labute approximate surface area is 102 Å². The first-order chi connectivity index (χ1) is 8.29. The number of nitrogens with zero attached hydrogens (tertiary/aromatic N) is 1. The van der Waals surface area contributed by atoms with Crippen LogP contribution in [-0.4, -0.2) is 6.54 Å². The van der Waals surface area contributed by atoms with E-state index in [0.717, 1.165) is 32.2 Å². The normalized spacial score (nSPS) is 9.65. The fourth-order valence-electron chi connectivity index (χ4n) is 1.60. The monoisotopic (exact) mass is 232 g/mol. The zero-order valence-corrected chi connectivity index (χ0v) is 9.88. The molecule has 0 aliphatic rings. The minimum Gasteiger partial charge on any atom is -0.384 e. The van der Waals surface area contributed by atoms with E-state index in [1.165, 1.54) is 6.07 Å². The Kier molecular flexibility index (Phi) is 5.81. The van der Waals surface area contributed by atoms with Gasteiger partial charge in [-0.2, -0.15) is 5.26 Å². The maximum absolute atomic E-state index is 13.3. The number of nitrogens with one attached hydrogen (secondary N) is 1. The smallest absolute Gasteiger partial charge is 0.143 e. The lowest BCUT2D eigenvalue weighted by molar-refractivity contribution is 0.624. The number of halogens is 1. The Balaban J connectivity index is 2.39. The van der Waals surface area contributed by atoms with Crippen LogP contribution in [0.4, 0.5) is 10.1 Å². The maximum Gasteiger partial charge on any atom is 0.143 e. The zero-order valence-electron chi connectivity index (χ0n) is 9.88. The van der Waals surface area contributed by atoms with Gasteiger partial charge in [-0.1, -0.05) is 18.6 Å². The lowest BCUT2D eigenvalue weighted by Gasteiger charge is -2.08. The molecule has 0 fully saturated rings. The summed E-state index contributed by atoms with van der Waals surface area (Å²) < 4.78 is 13.3. The Hall–Kier alpha value is -1.82. The van der Waals surface area contributed by atoms with Gasteiger partial charge in [0.15, 0.2) is 0 Å². The van der Waals surface area contributed by atoms with Crippen LogP contribution < -0.4 is 5.32 Å². The van der Waals surface area contributed by atoms with Gasteiger partial charge in [-0.3, -0.25) is 0 Å². The highest BCUT2D eigenvalue weighted by atomic mass is 19.1. The lowest BCUT2D eigenvalue weighted by Crippen LogP contribution is -2.04. The minimum absolute atomic E-state index is 0.0959. The minimum atomic E-state index is -0.468. The third-order valence-electron chi connectivity index (χ3n) is 2.53. The van der Waals surface area contributed by atoms with E-state index in [1.54, 1.807) is 12.1 Å². The van der Waals surface area contributed by atoms with E-state index in [4.69, 9.17) is 5.26 Å². The van der Waals surface area contributed by atoms with E-state index >= 15 is 0 Å². The van der Waals surface area contributed by atoms with E-state index in [1.807, 2.05) is 12.1 Å². The third-order valence-corrected chi connectivity index (χ3v) is 2.53. The average Bonchev–Trinajstić information content (AvgIpc) is 2.34. The molecule has 0 heterocycles. The molecular weight excluding hydrogens is 215 g/mol. The maximum atomic E-state index is 13.3. The predicted molar refractivity (Wildman–Crippen MR) is 68.3 cm³/mol. The Morgan fingerprint density at radius 1 is 1.35 bits per heavy atom. The highest BCUT2D eigenvalue weighted by Gasteiger charge is 2.06. The van der Waals surface area contributed by atoms with Crippen molar-refractivity contribution in [1.82, 2.24) is 0 Å². The Morgan fingerprint density at radius 2 is 2.18 bits per heavy atom.